The summed E-state index contributed by atoms with van der Waals surface area (Å²) in [5.74, 6) is 0.814. The highest BCUT2D eigenvalue weighted by molar-refractivity contribution is 5.73. The van der Waals surface area contributed by atoms with E-state index < -0.39 is 0 Å². The molecule has 0 saturated heterocycles. The van der Waals surface area contributed by atoms with Crippen LogP contribution in [0.5, 0.6) is 11.5 Å². The van der Waals surface area contributed by atoms with E-state index in [1.54, 1.807) is 25.3 Å². The number of rotatable bonds is 3. The standard InChI is InChI=1S/C17H15N3O2/c1-22-12-7-8-13(16(21)9-12)15-10-14(19-17(18)20-15)11-5-3-2-4-6-11/h2-10,21H,1H3,(H2,18,19,20). The number of nitrogens with zero attached hydrogens (tertiary/aromatic N) is 2. The molecule has 0 aliphatic carbocycles. The lowest BCUT2D eigenvalue weighted by Gasteiger charge is -2.09. The fourth-order valence-electron chi connectivity index (χ4n) is 2.22. The zero-order valence-corrected chi connectivity index (χ0v) is 12.0. The van der Waals surface area contributed by atoms with Crippen molar-refractivity contribution in [3.63, 3.8) is 0 Å². The maximum Gasteiger partial charge on any atom is 0.221 e. The summed E-state index contributed by atoms with van der Waals surface area (Å²) < 4.78 is 5.09. The second kappa shape index (κ2) is 5.73. The van der Waals surface area contributed by atoms with Crippen LogP contribution in [-0.2, 0) is 0 Å². The third-order valence-corrected chi connectivity index (χ3v) is 3.29. The Balaban J connectivity index is 2.10. The van der Waals surface area contributed by atoms with Crippen molar-refractivity contribution in [1.82, 2.24) is 9.97 Å². The van der Waals surface area contributed by atoms with Gasteiger partial charge in [0.1, 0.15) is 11.5 Å². The SMILES string of the molecule is COc1ccc(-c2cc(-c3ccccc3)nc(N)n2)c(O)c1. The van der Waals surface area contributed by atoms with Crippen LogP contribution < -0.4 is 10.5 Å². The van der Waals surface area contributed by atoms with Gasteiger partial charge in [0.2, 0.25) is 5.95 Å². The van der Waals surface area contributed by atoms with E-state index in [0.29, 0.717) is 22.7 Å². The molecule has 0 unspecified atom stereocenters. The van der Waals surface area contributed by atoms with Gasteiger partial charge in [-0.1, -0.05) is 30.3 Å². The number of aromatic hydroxyl groups is 1. The van der Waals surface area contributed by atoms with E-state index in [9.17, 15) is 5.11 Å². The molecule has 110 valence electrons. The monoisotopic (exact) mass is 293 g/mol. The van der Waals surface area contributed by atoms with Gasteiger partial charge in [-0.05, 0) is 18.2 Å². The molecule has 0 amide bonds. The number of nitrogen functional groups attached to an aromatic ring is 1. The molecule has 0 aliphatic rings. The van der Waals surface area contributed by atoms with E-state index in [2.05, 4.69) is 9.97 Å². The molecule has 0 fully saturated rings. The topological polar surface area (TPSA) is 81.3 Å². The summed E-state index contributed by atoms with van der Waals surface area (Å²) in [7, 11) is 1.55. The van der Waals surface area contributed by atoms with Gasteiger partial charge in [-0.2, -0.15) is 0 Å². The molecule has 0 spiro atoms. The van der Waals surface area contributed by atoms with E-state index in [1.165, 1.54) is 6.07 Å². The van der Waals surface area contributed by atoms with Crippen molar-refractivity contribution in [3.8, 4) is 34.0 Å². The Morgan fingerprint density at radius 1 is 0.955 bits per heavy atom. The van der Waals surface area contributed by atoms with Gasteiger partial charge in [0.15, 0.2) is 0 Å². The number of phenolic OH excluding ortho intramolecular Hbond substituents is 1. The van der Waals surface area contributed by atoms with Crippen LogP contribution in [0.3, 0.4) is 0 Å². The number of phenols is 1. The Bertz CT molecular complexity index is 804. The smallest absolute Gasteiger partial charge is 0.221 e. The molecule has 3 aromatic rings. The highest BCUT2D eigenvalue weighted by atomic mass is 16.5. The average Bonchev–Trinajstić information content (AvgIpc) is 2.55. The number of hydrogen-bond acceptors (Lipinski definition) is 5. The van der Waals surface area contributed by atoms with Crippen LogP contribution in [0.4, 0.5) is 5.95 Å². The summed E-state index contributed by atoms with van der Waals surface area (Å²) in [5, 5.41) is 10.1. The largest absolute Gasteiger partial charge is 0.507 e. The summed E-state index contributed by atoms with van der Waals surface area (Å²) in [6.07, 6.45) is 0. The van der Waals surface area contributed by atoms with Crippen molar-refractivity contribution < 1.29 is 9.84 Å². The highest BCUT2D eigenvalue weighted by Gasteiger charge is 2.11. The molecule has 3 N–H and O–H groups in total. The Labute approximate surface area is 128 Å². The van der Waals surface area contributed by atoms with Crippen molar-refractivity contribution >= 4 is 5.95 Å². The van der Waals surface area contributed by atoms with E-state index in [1.807, 2.05) is 30.3 Å². The maximum atomic E-state index is 10.1. The second-order valence-corrected chi connectivity index (χ2v) is 4.75. The van der Waals surface area contributed by atoms with Gasteiger partial charge in [-0.25, -0.2) is 9.97 Å². The maximum absolute atomic E-state index is 10.1. The minimum absolute atomic E-state index is 0.0801. The van der Waals surface area contributed by atoms with Crippen LogP contribution in [-0.4, -0.2) is 22.2 Å². The Morgan fingerprint density at radius 3 is 2.36 bits per heavy atom. The van der Waals surface area contributed by atoms with E-state index in [-0.39, 0.29) is 11.7 Å². The molecule has 2 aromatic carbocycles. The van der Waals surface area contributed by atoms with Crippen molar-refractivity contribution in [2.24, 2.45) is 0 Å². The first-order chi connectivity index (χ1) is 10.7. The lowest BCUT2D eigenvalue weighted by atomic mass is 10.1. The number of methoxy groups -OCH3 is 1. The molecule has 0 saturated carbocycles. The lowest BCUT2D eigenvalue weighted by Crippen LogP contribution is -1.98. The van der Waals surface area contributed by atoms with Gasteiger partial charge >= 0.3 is 0 Å². The predicted molar refractivity (Wildman–Crippen MR) is 85.5 cm³/mol. The van der Waals surface area contributed by atoms with Crippen LogP contribution in [0.1, 0.15) is 0 Å². The predicted octanol–water partition coefficient (Wildman–Crippen LogP) is 3.11. The van der Waals surface area contributed by atoms with Gasteiger partial charge in [0.25, 0.3) is 0 Å². The molecule has 1 heterocycles. The molecule has 0 aliphatic heterocycles. The van der Waals surface area contributed by atoms with E-state index in [4.69, 9.17) is 10.5 Å². The first kappa shape index (κ1) is 13.9. The zero-order chi connectivity index (χ0) is 15.5. The van der Waals surface area contributed by atoms with Crippen molar-refractivity contribution in [1.29, 1.82) is 0 Å². The Kier molecular flexibility index (Phi) is 3.62. The molecular formula is C17H15N3O2. The van der Waals surface area contributed by atoms with E-state index >= 15 is 0 Å². The fraction of sp³-hybridized carbons (Fsp3) is 0.0588. The third kappa shape index (κ3) is 2.69. The summed E-state index contributed by atoms with van der Waals surface area (Å²) in [6, 6.07) is 16.5. The molecule has 0 atom stereocenters. The average molecular weight is 293 g/mol. The Hall–Kier alpha value is -3.08. The quantitative estimate of drug-likeness (QED) is 0.775. The number of hydrogen-bond donors (Lipinski definition) is 2. The van der Waals surface area contributed by atoms with Crippen LogP contribution >= 0.6 is 0 Å². The van der Waals surface area contributed by atoms with Gasteiger partial charge in [-0.15, -0.1) is 0 Å². The minimum atomic E-state index is 0.0801. The summed E-state index contributed by atoms with van der Waals surface area (Å²) >= 11 is 0. The van der Waals surface area contributed by atoms with Crippen LogP contribution in [0.15, 0.2) is 54.6 Å². The van der Waals surface area contributed by atoms with Crippen LogP contribution in [0, 0.1) is 0 Å². The van der Waals surface area contributed by atoms with Gasteiger partial charge in [-0.3, -0.25) is 0 Å². The van der Waals surface area contributed by atoms with Crippen molar-refractivity contribution in [2.45, 2.75) is 0 Å². The minimum Gasteiger partial charge on any atom is -0.507 e. The van der Waals surface area contributed by atoms with Gasteiger partial charge in [0.05, 0.1) is 18.5 Å². The van der Waals surface area contributed by atoms with Crippen molar-refractivity contribution in [2.75, 3.05) is 12.8 Å². The molecule has 1 aromatic heterocycles. The fourth-order valence-corrected chi connectivity index (χ4v) is 2.22. The third-order valence-electron chi connectivity index (χ3n) is 3.29. The van der Waals surface area contributed by atoms with Gasteiger partial charge < -0.3 is 15.6 Å². The normalized spacial score (nSPS) is 10.4. The van der Waals surface area contributed by atoms with Crippen LogP contribution in [0.25, 0.3) is 22.5 Å². The number of anilines is 1. The molecule has 0 radical (unpaired) electrons. The number of nitrogens with two attached hydrogens (primary N) is 1. The molecule has 3 rings (SSSR count). The molecule has 22 heavy (non-hydrogen) atoms. The molecule has 5 heteroatoms. The first-order valence-corrected chi connectivity index (χ1v) is 6.75. The number of ether oxygens (including phenoxy) is 1. The Morgan fingerprint density at radius 2 is 1.68 bits per heavy atom. The second-order valence-electron chi connectivity index (χ2n) is 4.75. The highest BCUT2D eigenvalue weighted by Crippen LogP contribution is 2.33. The molecular weight excluding hydrogens is 278 g/mol. The summed E-state index contributed by atoms with van der Waals surface area (Å²) in [6.45, 7) is 0. The van der Waals surface area contributed by atoms with Gasteiger partial charge in [0, 0.05) is 17.2 Å². The first-order valence-electron chi connectivity index (χ1n) is 6.75. The van der Waals surface area contributed by atoms with Crippen LogP contribution in [0.2, 0.25) is 0 Å². The number of aromatic nitrogens is 2. The zero-order valence-electron chi connectivity index (χ0n) is 12.0. The molecule has 0 bridgehead atoms. The number of benzene rings is 2. The summed E-state index contributed by atoms with van der Waals surface area (Å²) in [5.41, 5.74) is 8.59. The lowest BCUT2D eigenvalue weighted by molar-refractivity contribution is 0.408. The molecule has 5 nitrogen and oxygen atoms in total. The van der Waals surface area contributed by atoms with Crippen molar-refractivity contribution in [3.05, 3.63) is 54.6 Å². The summed E-state index contributed by atoms with van der Waals surface area (Å²) in [4.78, 5) is 8.47. The van der Waals surface area contributed by atoms with E-state index in [0.717, 1.165) is 5.56 Å².